The molecular weight excluding hydrogens is 202 g/mol. The van der Waals surface area contributed by atoms with Crippen molar-refractivity contribution in [3.05, 3.63) is 24.3 Å². The van der Waals surface area contributed by atoms with Crippen LogP contribution in [0.4, 0.5) is 5.69 Å². The number of benzene rings is 1. The smallest absolute Gasteiger partial charge is 0.221 e. The number of rotatable bonds is 6. The zero-order valence-electron chi connectivity index (χ0n) is 9.95. The van der Waals surface area contributed by atoms with E-state index in [4.69, 9.17) is 4.74 Å². The first-order valence-corrected chi connectivity index (χ1v) is 5.73. The molecule has 1 amide bonds. The van der Waals surface area contributed by atoms with Gasteiger partial charge in [0.05, 0.1) is 12.3 Å². The molecule has 0 aliphatic heterocycles. The summed E-state index contributed by atoms with van der Waals surface area (Å²) in [5.74, 6) is 0.665. The third kappa shape index (κ3) is 4.34. The lowest BCUT2D eigenvalue weighted by molar-refractivity contribution is -0.114. The molecule has 1 N–H and O–H groups in total. The van der Waals surface area contributed by atoms with Gasteiger partial charge in [0.1, 0.15) is 5.75 Å². The molecule has 0 fully saturated rings. The van der Waals surface area contributed by atoms with Crippen molar-refractivity contribution in [2.45, 2.75) is 33.1 Å². The van der Waals surface area contributed by atoms with E-state index in [2.05, 4.69) is 12.2 Å². The fourth-order valence-electron chi connectivity index (χ4n) is 1.42. The van der Waals surface area contributed by atoms with Crippen molar-refractivity contribution in [3.63, 3.8) is 0 Å². The third-order valence-corrected chi connectivity index (χ3v) is 2.20. The molecule has 1 aromatic carbocycles. The molecule has 16 heavy (non-hydrogen) atoms. The van der Waals surface area contributed by atoms with Crippen LogP contribution in [-0.4, -0.2) is 12.5 Å². The molecule has 0 aliphatic rings. The molecule has 0 spiro atoms. The molecule has 0 unspecified atom stereocenters. The Bertz CT molecular complexity index is 336. The van der Waals surface area contributed by atoms with Crippen LogP contribution >= 0.6 is 0 Å². The number of hydrogen-bond donors (Lipinski definition) is 1. The van der Waals surface area contributed by atoms with Gasteiger partial charge in [-0.1, -0.05) is 31.9 Å². The lowest BCUT2D eigenvalue weighted by atomic mass is 10.2. The van der Waals surface area contributed by atoms with Crippen molar-refractivity contribution < 1.29 is 9.53 Å². The number of unbranched alkanes of at least 4 members (excludes halogenated alkanes) is 2. The van der Waals surface area contributed by atoms with Crippen LogP contribution in [0, 0.1) is 0 Å². The van der Waals surface area contributed by atoms with Gasteiger partial charge in [0, 0.05) is 6.92 Å². The van der Waals surface area contributed by atoms with Crippen molar-refractivity contribution >= 4 is 11.6 Å². The Morgan fingerprint density at radius 2 is 2.06 bits per heavy atom. The number of nitrogens with one attached hydrogen (secondary N) is 1. The highest BCUT2D eigenvalue weighted by Crippen LogP contribution is 2.23. The normalized spacial score (nSPS) is 9.88. The first-order chi connectivity index (χ1) is 7.74. The van der Waals surface area contributed by atoms with Crippen LogP contribution in [0.25, 0.3) is 0 Å². The minimum Gasteiger partial charge on any atom is -0.491 e. The zero-order chi connectivity index (χ0) is 11.8. The van der Waals surface area contributed by atoms with Gasteiger partial charge in [0.2, 0.25) is 5.91 Å². The zero-order valence-corrected chi connectivity index (χ0v) is 9.95. The molecule has 0 saturated carbocycles. The number of anilines is 1. The summed E-state index contributed by atoms with van der Waals surface area (Å²) in [7, 11) is 0. The van der Waals surface area contributed by atoms with E-state index in [0.29, 0.717) is 6.61 Å². The van der Waals surface area contributed by atoms with E-state index in [9.17, 15) is 4.79 Å². The van der Waals surface area contributed by atoms with Gasteiger partial charge in [0.15, 0.2) is 0 Å². The molecule has 3 nitrogen and oxygen atoms in total. The Morgan fingerprint density at radius 1 is 1.31 bits per heavy atom. The van der Waals surface area contributed by atoms with Gasteiger partial charge >= 0.3 is 0 Å². The van der Waals surface area contributed by atoms with Crippen LogP contribution in [0.15, 0.2) is 24.3 Å². The highest BCUT2D eigenvalue weighted by atomic mass is 16.5. The molecule has 0 bridgehead atoms. The van der Waals surface area contributed by atoms with Crippen LogP contribution in [0.5, 0.6) is 5.75 Å². The average molecular weight is 221 g/mol. The molecular formula is C13H19NO2. The van der Waals surface area contributed by atoms with Crippen molar-refractivity contribution in [2.24, 2.45) is 0 Å². The highest BCUT2D eigenvalue weighted by molar-refractivity contribution is 5.90. The third-order valence-electron chi connectivity index (χ3n) is 2.20. The van der Waals surface area contributed by atoms with Crippen LogP contribution in [0.2, 0.25) is 0 Å². The van der Waals surface area contributed by atoms with Crippen molar-refractivity contribution in [1.82, 2.24) is 0 Å². The van der Waals surface area contributed by atoms with Gasteiger partial charge in [-0.2, -0.15) is 0 Å². The largest absolute Gasteiger partial charge is 0.491 e. The van der Waals surface area contributed by atoms with Crippen LogP contribution in [0.1, 0.15) is 33.1 Å². The molecule has 3 heteroatoms. The van der Waals surface area contributed by atoms with Crippen LogP contribution in [-0.2, 0) is 4.79 Å². The Kier molecular flexibility index (Phi) is 5.40. The molecule has 1 rings (SSSR count). The minimum absolute atomic E-state index is 0.0791. The van der Waals surface area contributed by atoms with Crippen molar-refractivity contribution in [1.29, 1.82) is 0 Å². The summed E-state index contributed by atoms with van der Waals surface area (Å²) in [6.45, 7) is 4.35. The van der Waals surface area contributed by atoms with E-state index in [-0.39, 0.29) is 5.91 Å². The minimum atomic E-state index is -0.0791. The van der Waals surface area contributed by atoms with Gasteiger partial charge in [-0.3, -0.25) is 4.79 Å². The summed E-state index contributed by atoms with van der Waals surface area (Å²) in [5.41, 5.74) is 0.742. The molecule has 0 aliphatic carbocycles. The molecule has 1 aromatic rings. The quantitative estimate of drug-likeness (QED) is 0.749. The highest BCUT2D eigenvalue weighted by Gasteiger charge is 2.03. The second-order valence-electron chi connectivity index (χ2n) is 3.73. The Balaban J connectivity index is 2.53. The summed E-state index contributed by atoms with van der Waals surface area (Å²) < 4.78 is 5.63. The molecule has 0 atom stereocenters. The molecule has 88 valence electrons. The van der Waals surface area contributed by atoms with E-state index in [1.807, 2.05) is 24.3 Å². The monoisotopic (exact) mass is 221 g/mol. The fourth-order valence-corrected chi connectivity index (χ4v) is 1.42. The van der Waals surface area contributed by atoms with Crippen molar-refractivity contribution in [3.8, 4) is 5.75 Å². The Labute approximate surface area is 96.8 Å². The van der Waals surface area contributed by atoms with E-state index >= 15 is 0 Å². The predicted octanol–water partition coefficient (Wildman–Crippen LogP) is 3.21. The molecule has 0 saturated heterocycles. The van der Waals surface area contributed by atoms with Crippen molar-refractivity contribution in [2.75, 3.05) is 11.9 Å². The lowest BCUT2D eigenvalue weighted by Gasteiger charge is -2.11. The molecule has 0 radical (unpaired) electrons. The number of carbonyl (C=O) groups is 1. The topological polar surface area (TPSA) is 38.3 Å². The first kappa shape index (κ1) is 12.6. The number of hydrogen-bond acceptors (Lipinski definition) is 2. The van der Waals surface area contributed by atoms with Crippen LogP contribution < -0.4 is 10.1 Å². The summed E-state index contributed by atoms with van der Waals surface area (Å²) in [5, 5.41) is 2.75. The number of carbonyl (C=O) groups excluding carboxylic acids is 1. The van der Waals surface area contributed by atoms with Gasteiger partial charge in [-0.25, -0.2) is 0 Å². The number of amides is 1. The first-order valence-electron chi connectivity index (χ1n) is 5.73. The van der Waals surface area contributed by atoms with Gasteiger partial charge in [-0.15, -0.1) is 0 Å². The summed E-state index contributed by atoms with van der Waals surface area (Å²) in [4.78, 5) is 11.0. The summed E-state index contributed by atoms with van der Waals surface area (Å²) in [6.07, 6.45) is 3.39. The van der Waals surface area contributed by atoms with Gasteiger partial charge < -0.3 is 10.1 Å². The molecule has 0 heterocycles. The standard InChI is InChI=1S/C13H19NO2/c1-3-4-7-10-16-13-9-6-5-8-12(13)14-11(2)15/h5-6,8-9H,3-4,7,10H2,1-2H3,(H,14,15). The van der Waals surface area contributed by atoms with Gasteiger partial charge in [-0.05, 0) is 18.6 Å². The summed E-state index contributed by atoms with van der Waals surface area (Å²) in [6, 6.07) is 7.50. The maximum Gasteiger partial charge on any atom is 0.221 e. The maximum absolute atomic E-state index is 11.0. The maximum atomic E-state index is 11.0. The second-order valence-corrected chi connectivity index (χ2v) is 3.73. The Hall–Kier alpha value is -1.51. The average Bonchev–Trinajstić information content (AvgIpc) is 2.26. The fraction of sp³-hybridized carbons (Fsp3) is 0.462. The second kappa shape index (κ2) is 6.88. The predicted molar refractivity (Wildman–Crippen MR) is 65.8 cm³/mol. The van der Waals surface area contributed by atoms with E-state index < -0.39 is 0 Å². The Morgan fingerprint density at radius 3 is 2.75 bits per heavy atom. The van der Waals surface area contributed by atoms with E-state index in [1.54, 1.807) is 0 Å². The van der Waals surface area contributed by atoms with E-state index in [1.165, 1.54) is 19.8 Å². The number of ether oxygens (including phenoxy) is 1. The molecule has 0 aromatic heterocycles. The number of para-hydroxylation sites is 2. The lowest BCUT2D eigenvalue weighted by Crippen LogP contribution is -2.08. The van der Waals surface area contributed by atoms with Gasteiger partial charge in [0.25, 0.3) is 0 Å². The van der Waals surface area contributed by atoms with Crippen LogP contribution in [0.3, 0.4) is 0 Å². The summed E-state index contributed by atoms with van der Waals surface area (Å²) >= 11 is 0. The SMILES string of the molecule is CCCCCOc1ccccc1NC(C)=O. The van der Waals surface area contributed by atoms with E-state index in [0.717, 1.165) is 17.9 Å².